The van der Waals surface area contributed by atoms with Gasteiger partial charge in [0.05, 0.1) is 4.92 Å². The molecule has 3 rings (SSSR count). The van der Waals surface area contributed by atoms with Crippen molar-refractivity contribution in [2.45, 2.75) is 12.5 Å². The van der Waals surface area contributed by atoms with Gasteiger partial charge in [-0.2, -0.15) is 5.10 Å². The van der Waals surface area contributed by atoms with Gasteiger partial charge in [0, 0.05) is 31.4 Å². The second kappa shape index (κ2) is 5.57. The average molecular weight is 301 g/mol. The molecule has 0 bridgehead atoms. The number of para-hydroxylation sites is 2. The minimum atomic E-state index is -0.474. The molecule has 1 fully saturated rings. The number of carbonyl (C=O) groups excluding carboxylic acids is 1. The third-order valence-corrected chi connectivity index (χ3v) is 3.65. The van der Waals surface area contributed by atoms with Crippen LogP contribution >= 0.6 is 0 Å². The Morgan fingerprint density at radius 3 is 2.82 bits per heavy atom. The van der Waals surface area contributed by atoms with Gasteiger partial charge >= 0.3 is 0 Å². The predicted molar refractivity (Wildman–Crippen MR) is 78.7 cm³/mol. The number of hydrogen-bond donors (Lipinski definition) is 1. The van der Waals surface area contributed by atoms with Gasteiger partial charge in [-0.05, 0) is 18.6 Å². The molecule has 1 aromatic heterocycles. The van der Waals surface area contributed by atoms with E-state index in [0.29, 0.717) is 18.8 Å². The van der Waals surface area contributed by atoms with Crippen LogP contribution in [-0.4, -0.2) is 44.6 Å². The Labute approximate surface area is 126 Å². The maximum atomic E-state index is 12.3. The van der Waals surface area contributed by atoms with E-state index in [4.69, 9.17) is 5.73 Å². The molecule has 1 aromatic carbocycles. The summed E-state index contributed by atoms with van der Waals surface area (Å²) in [5.41, 5.74) is 6.31. The molecule has 0 spiro atoms. The van der Waals surface area contributed by atoms with Crippen molar-refractivity contribution < 1.29 is 9.72 Å². The molecule has 8 nitrogen and oxygen atoms in total. The first-order chi connectivity index (χ1) is 10.6. The largest absolute Gasteiger partial charge is 0.336 e. The van der Waals surface area contributed by atoms with Crippen molar-refractivity contribution >= 4 is 11.6 Å². The highest BCUT2D eigenvalue weighted by Gasteiger charge is 2.26. The lowest BCUT2D eigenvalue weighted by Gasteiger charge is -2.13. The van der Waals surface area contributed by atoms with Crippen LogP contribution in [0.5, 0.6) is 0 Å². The first-order valence-electron chi connectivity index (χ1n) is 6.90. The van der Waals surface area contributed by atoms with Gasteiger partial charge in [0.15, 0.2) is 5.69 Å². The zero-order valence-corrected chi connectivity index (χ0v) is 11.8. The lowest BCUT2D eigenvalue weighted by Crippen LogP contribution is -2.32. The zero-order chi connectivity index (χ0) is 15.7. The summed E-state index contributed by atoms with van der Waals surface area (Å²) >= 11 is 0. The molecule has 1 unspecified atom stereocenters. The molecule has 1 amide bonds. The number of nitro benzene ring substituents is 1. The fraction of sp³-hybridized carbons (Fsp3) is 0.286. The molecule has 1 atom stereocenters. The highest BCUT2D eigenvalue weighted by molar-refractivity contribution is 5.92. The third kappa shape index (κ3) is 2.56. The van der Waals surface area contributed by atoms with Gasteiger partial charge in [0.2, 0.25) is 0 Å². The molecule has 1 saturated heterocycles. The van der Waals surface area contributed by atoms with Crippen LogP contribution in [0.2, 0.25) is 0 Å². The van der Waals surface area contributed by atoms with Crippen LogP contribution in [0, 0.1) is 10.1 Å². The second-order valence-corrected chi connectivity index (χ2v) is 5.19. The Morgan fingerprint density at radius 2 is 2.14 bits per heavy atom. The minimum Gasteiger partial charge on any atom is -0.336 e. The van der Waals surface area contributed by atoms with Crippen molar-refractivity contribution in [3.63, 3.8) is 0 Å². The van der Waals surface area contributed by atoms with E-state index < -0.39 is 4.92 Å². The monoisotopic (exact) mass is 301 g/mol. The third-order valence-electron chi connectivity index (χ3n) is 3.65. The van der Waals surface area contributed by atoms with Crippen molar-refractivity contribution in [1.82, 2.24) is 14.7 Å². The van der Waals surface area contributed by atoms with Gasteiger partial charge in [-0.25, -0.2) is 4.68 Å². The van der Waals surface area contributed by atoms with E-state index in [1.165, 1.54) is 10.7 Å². The Bertz CT molecular complexity index is 727. The van der Waals surface area contributed by atoms with Crippen molar-refractivity contribution in [2.75, 3.05) is 13.1 Å². The van der Waals surface area contributed by atoms with Crippen molar-refractivity contribution in [2.24, 2.45) is 5.73 Å². The van der Waals surface area contributed by atoms with E-state index in [9.17, 15) is 14.9 Å². The Balaban J connectivity index is 1.88. The summed E-state index contributed by atoms with van der Waals surface area (Å²) in [6.45, 7) is 1.12. The van der Waals surface area contributed by atoms with Crippen molar-refractivity contribution in [1.29, 1.82) is 0 Å². The van der Waals surface area contributed by atoms with Gasteiger partial charge in [0.25, 0.3) is 11.6 Å². The van der Waals surface area contributed by atoms with Crippen molar-refractivity contribution in [3.8, 4) is 5.69 Å². The molecule has 0 saturated carbocycles. The summed E-state index contributed by atoms with van der Waals surface area (Å²) in [6.07, 6.45) is 2.32. The number of nitro groups is 1. The van der Waals surface area contributed by atoms with Gasteiger partial charge in [-0.3, -0.25) is 14.9 Å². The highest BCUT2D eigenvalue weighted by Crippen LogP contribution is 2.22. The number of amides is 1. The summed E-state index contributed by atoms with van der Waals surface area (Å²) in [5, 5.41) is 15.2. The van der Waals surface area contributed by atoms with Crippen LogP contribution in [0.15, 0.2) is 36.5 Å². The topological polar surface area (TPSA) is 107 Å². The highest BCUT2D eigenvalue weighted by atomic mass is 16.6. The molecule has 2 aromatic rings. The molecular formula is C14H15N5O3. The maximum Gasteiger partial charge on any atom is 0.294 e. The van der Waals surface area contributed by atoms with E-state index in [-0.39, 0.29) is 23.3 Å². The van der Waals surface area contributed by atoms with Crippen LogP contribution in [0.25, 0.3) is 5.69 Å². The molecule has 2 heterocycles. The Hall–Kier alpha value is -2.74. The number of hydrogen-bond acceptors (Lipinski definition) is 5. The first kappa shape index (κ1) is 14.2. The number of carbonyl (C=O) groups is 1. The average Bonchev–Trinajstić information content (AvgIpc) is 3.15. The van der Waals surface area contributed by atoms with E-state index in [0.717, 1.165) is 6.42 Å². The van der Waals surface area contributed by atoms with Gasteiger partial charge in [-0.15, -0.1) is 0 Å². The smallest absolute Gasteiger partial charge is 0.294 e. The Kier molecular flexibility index (Phi) is 3.60. The lowest BCUT2D eigenvalue weighted by atomic mass is 10.3. The summed E-state index contributed by atoms with van der Waals surface area (Å²) < 4.78 is 1.35. The summed E-state index contributed by atoms with van der Waals surface area (Å²) in [7, 11) is 0. The van der Waals surface area contributed by atoms with Crippen molar-refractivity contribution in [3.05, 3.63) is 52.3 Å². The first-order valence-corrected chi connectivity index (χ1v) is 6.90. The minimum absolute atomic E-state index is 0.00115. The number of benzene rings is 1. The van der Waals surface area contributed by atoms with E-state index >= 15 is 0 Å². The molecule has 0 radical (unpaired) electrons. The van der Waals surface area contributed by atoms with Gasteiger partial charge < -0.3 is 10.6 Å². The molecule has 1 aliphatic rings. The molecule has 22 heavy (non-hydrogen) atoms. The summed E-state index contributed by atoms with van der Waals surface area (Å²) in [4.78, 5) is 24.5. The van der Waals surface area contributed by atoms with E-state index in [1.807, 2.05) is 0 Å². The zero-order valence-electron chi connectivity index (χ0n) is 11.8. The second-order valence-electron chi connectivity index (χ2n) is 5.19. The van der Waals surface area contributed by atoms with Crippen LogP contribution in [0.3, 0.4) is 0 Å². The maximum absolute atomic E-state index is 12.3. The number of nitrogens with zero attached hydrogens (tertiary/aromatic N) is 4. The number of aromatic nitrogens is 2. The quantitative estimate of drug-likeness (QED) is 0.671. The molecule has 114 valence electrons. The summed E-state index contributed by atoms with van der Waals surface area (Å²) in [6, 6.07) is 7.82. The lowest BCUT2D eigenvalue weighted by molar-refractivity contribution is -0.384. The fourth-order valence-electron chi connectivity index (χ4n) is 2.52. The SMILES string of the molecule is NC1CCN(C(=O)c2ccn(-c3ccccc3[N+](=O)[O-])n2)C1. The van der Waals surface area contributed by atoms with Crippen LogP contribution < -0.4 is 5.73 Å². The molecule has 8 heteroatoms. The fourth-order valence-corrected chi connectivity index (χ4v) is 2.52. The van der Waals surface area contributed by atoms with Gasteiger partial charge in [0.1, 0.15) is 5.69 Å². The van der Waals surface area contributed by atoms with Crippen LogP contribution in [0.1, 0.15) is 16.9 Å². The predicted octanol–water partition coefficient (Wildman–Crippen LogP) is 0.954. The van der Waals surface area contributed by atoms with Gasteiger partial charge in [-0.1, -0.05) is 12.1 Å². The van der Waals surface area contributed by atoms with E-state index in [2.05, 4.69) is 5.10 Å². The number of nitrogens with two attached hydrogens (primary N) is 1. The van der Waals surface area contributed by atoms with E-state index in [1.54, 1.807) is 35.4 Å². The molecular weight excluding hydrogens is 286 g/mol. The molecule has 2 N–H and O–H groups in total. The normalized spacial score (nSPS) is 17.7. The number of rotatable bonds is 3. The molecule has 1 aliphatic heterocycles. The standard InChI is InChI=1S/C14H15N5O3/c15-10-5-7-17(9-10)14(20)11-6-8-18(16-11)12-3-1-2-4-13(12)19(21)22/h1-4,6,8,10H,5,7,9,15H2. The Morgan fingerprint density at radius 1 is 1.36 bits per heavy atom. The molecule has 0 aliphatic carbocycles. The number of likely N-dealkylation sites (tertiary alicyclic amines) is 1. The van der Waals surface area contributed by atoms with Crippen LogP contribution in [0.4, 0.5) is 5.69 Å². The summed E-state index contributed by atoms with van der Waals surface area (Å²) in [5.74, 6) is -0.203. The van der Waals surface area contributed by atoms with Crippen LogP contribution in [-0.2, 0) is 0 Å².